The second-order valence-electron chi connectivity index (χ2n) is 7.20. The molecule has 1 saturated heterocycles. The van der Waals surface area contributed by atoms with Gasteiger partial charge in [-0.3, -0.25) is 4.90 Å². The third kappa shape index (κ3) is 3.68. The standard InChI is InChI=1S/C21H26ClN5O/c1-15-11-20(28-2)18(22)13-17(15)19-14-27-5-3-16(12-21(27)24-19)26-9-7-25(6-4-23)8-10-26/h3,5,11-14H,4,6-10,23H2,1-2H3. The molecule has 0 aliphatic carbocycles. The molecule has 2 aromatic heterocycles. The van der Waals surface area contributed by atoms with E-state index in [0.717, 1.165) is 61.7 Å². The van der Waals surface area contributed by atoms with Crippen molar-refractivity contribution in [2.24, 2.45) is 5.73 Å². The molecule has 1 aliphatic rings. The molecule has 28 heavy (non-hydrogen) atoms. The minimum atomic E-state index is 0.594. The van der Waals surface area contributed by atoms with Gasteiger partial charge >= 0.3 is 0 Å². The van der Waals surface area contributed by atoms with Crippen molar-refractivity contribution >= 4 is 22.9 Å². The SMILES string of the molecule is COc1cc(C)c(-c2cn3ccc(N4CCN(CCN)CC4)cc3n2)cc1Cl. The molecule has 0 amide bonds. The van der Waals surface area contributed by atoms with Crippen LogP contribution in [0.15, 0.2) is 36.7 Å². The van der Waals surface area contributed by atoms with Crippen LogP contribution in [0.25, 0.3) is 16.9 Å². The lowest BCUT2D eigenvalue weighted by Crippen LogP contribution is -2.47. The molecular weight excluding hydrogens is 374 g/mol. The maximum Gasteiger partial charge on any atom is 0.139 e. The zero-order valence-electron chi connectivity index (χ0n) is 16.4. The van der Waals surface area contributed by atoms with Crippen molar-refractivity contribution in [1.82, 2.24) is 14.3 Å². The second kappa shape index (κ2) is 7.99. The average Bonchev–Trinajstić information content (AvgIpc) is 3.13. The number of fused-ring (bicyclic) bond motifs is 1. The largest absolute Gasteiger partial charge is 0.495 e. The molecule has 0 atom stereocenters. The van der Waals surface area contributed by atoms with E-state index in [0.29, 0.717) is 10.8 Å². The van der Waals surface area contributed by atoms with Crippen LogP contribution in [0.2, 0.25) is 5.02 Å². The lowest BCUT2D eigenvalue weighted by Gasteiger charge is -2.35. The molecule has 0 spiro atoms. The van der Waals surface area contributed by atoms with Gasteiger partial charge in [0.05, 0.1) is 17.8 Å². The number of halogens is 1. The smallest absolute Gasteiger partial charge is 0.139 e. The lowest BCUT2D eigenvalue weighted by atomic mass is 10.1. The molecule has 3 heterocycles. The molecule has 1 fully saturated rings. The van der Waals surface area contributed by atoms with Gasteiger partial charge in [-0.1, -0.05) is 11.6 Å². The van der Waals surface area contributed by atoms with Crippen molar-refractivity contribution in [3.8, 4) is 17.0 Å². The monoisotopic (exact) mass is 399 g/mol. The zero-order chi connectivity index (χ0) is 19.7. The molecule has 148 valence electrons. The maximum atomic E-state index is 6.33. The highest BCUT2D eigenvalue weighted by atomic mass is 35.5. The Kier molecular flexibility index (Phi) is 5.44. The van der Waals surface area contributed by atoms with Gasteiger partial charge in [-0.25, -0.2) is 4.98 Å². The van der Waals surface area contributed by atoms with Gasteiger partial charge < -0.3 is 19.8 Å². The maximum absolute atomic E-state index is 6.33. The van der Waals surface area contributed by atoms with Crippen LogP contribution in [0.5, 0.6) is 5.75 Å². The molecule has 3 aromatic rings. The molecule has 7 heteroatoms. The van der Waals surface area contributed by atoms with Crippen molar-refractivity contribution in [3.63, 3.8) is 0 Å². The van der Waals surface area contributed by atoms with Crippen LogP contribution in [-0.4, -0.2) is 60.7 Å². The van der Waals surface area contributed by atoms with Gasteiger partial charge in [0.25, 0.3) is 0 Å². The Bertz CT molecular complexity index is 978. The highest BCUT2D eigenvalue weighted by Crippen LogP contribution is 2.33. The quantitative estimate of drug-likeness (QED) is 0.714. The number of methoxy groups -OCH3 is 1. The highest BCUT2D eigenvalue weighted by Gasteiger charge is 2.17. The summed E-state index contributed by atoms with van der Waals surface area (Å²) in [4.78, 5) is 9.68. The van der Waals surface area contributed by atoms with Crippen LogP contribution < -0.4 is 15.4 Å². The summed E-state index contributed by atoms with van der Waals surface area (Å²) in [5.74, 6) is 0.683. The fourth-order valence-corrected chi connectivity index (χ4v) is 4.04. The van der Waals surface area contributed by atoms with Gasteiger partial charge in [0.15, 0.2) is 0 Å². The minimum Gasteiger partial charge on any atom is -0.495 e. The Morgan fingerprint density at radius 1 is 1.18 bits per heavy atom. The van der Waals surface area contributed by atoms with Crippen LogP contribution in [0.4, 0.5) is 5.69 Å². The number of hydrogen-bond acceptors (Lipinski definition) is 5. The molecule has 1 aromatic carbocycles. The fraction of sp³-hybridized carbons (Fsp3) is 0.381. The van der Waals surface area contributed by atoms with Crippen molar-refractivity contribution < 1.29 is 4.74 Å². The number of benzene rings is 1. The van der Waals surface area contributed by atoms with E-state index < -0.39 is 0 Å². The normalized spacial score (nSPS) is 15.4. The molecule has 0 bridgehead atoms. The number of imidazole rings is 1. The summed E-state index contributed by atoms with van der Waals surface area (Å²) in [5, 5.41) is 0.594. The third-order valence-electron chi connectivity index (χ3n) is 5.40. The predicted octanol–water partition coefficient (Wildman–Crippen LogP) is 3.05. The summed E-state index contributed by atoms with van der Waals surface area (Å²) in [5.41, 5.74) is 10.8. The van der Waals surface area contributed by atoms with E-state index in [2.05, 4.69) is 32.5 Å². The van der Waals surface area contributed by atoms with Gasteiger partial charge in [-0.2, -0.15) is 0 Å². The van der Waals surface area contributed by atoms with Crippen molar-refractivity contribution in [3.05, 3.63) is 47.2 Å². The van der Waals surface area contributed by atoms with E-state index in [1.54, 1.807) is 7.11 Å². The van der Waals surface area contributed by atoms with Gasteiger partial charge in [0, 0.05) is 69.0 Å². The van der Waals surface area contributed by atoms with E-state index in [-0.39, 0.29) is 0 Å². The number of rotatable bonds is 5. The van der Waals surface area contributed by atoms with Crippen molar-refractivity contribution in [1.29, 1.82) is 0 Å². The summed E-state index contributed by atoms with van der Waals surface area (Å²) >= 11 is 6.33. The van der Waals surface area contributed by atoms with Gasteiger partial charge in [-0.15, -0.1) is 0 Å². The van der Waals surface area contributed by atoms with Crippen molar-refractivity contribution in [2.45, 2.75) is 6.92 Å². The Balaban J connectivity index is 1.60. The first kappa shape index (κ1) is 19.1. The molecule has 0 saturated carbocycles. The van der Waals surface area contributed by atoms with Crippen LogP contribution >= 0.6 is 11.6 Å². The molecular formula is C21H26ClN5O. The number of anilines is 1. The number of ether oxygens (including phenoxy) is 1. The second-order valence-corrected chi connectivity index (χ2v) is 7.60. The highest BCUT2D eigenvalue weighted by molar-refractivity contribution is 6.32. The number of nitrogens with zero attached hydrogens (tertiary/aromatic N) is 4. The van der Waals surface area contributed by atoms with Crippen LogP contribution in [0.3, 0.4) is 0 Å². The molecule has 6 nitrogen and oxygen atoms in total. The molecule has 0 radical (unpaired) electrons. The summed E-state index contributed by atoms with van der Waals surface area (Å²) in [7, 11) is 1.63. The number of piperazine rings is 1. The molecule has 0 unspecified atom stereocenters. The van der Waals surface area contributed by atoms with Crippen molar-refractivity contribution in [2.75, 3.05) is 51.3 Å². The summed E-state index contributed by atoms with van der Waals surface area (Å²) in [6, 6.07) is 8.19. The number of aryl methyl sites for hydroxylation is 1. The van der Waals surface area contributed by atoms with E-state index >= 15 is 0 Å². The Morgan fingerprint density at radius 3 is 2.68 bits per heavy atom. The Morgan fingerprint density at radius 2 is 1.96 bits per heavy atom. The lowest BCUT2D eigenvalue weighted by molar-refractivity contribution is 0.265. The summed E-state index contributed by atoms with van der Waals surface area (Å²) in [6.45, 7) is 7.85. The fourth-order valence-electron chi connectivity index (χ4n) is 3.80. The summed E-state index contributed by atoms with van der Waals surface area (Å²) < 4.78 is 7.36. The zero-order valence-corrected chi connectivity index (χ0v) is 17.1. The van der Waals surface area contributed by atoms with Crippen LogP contribution in [0.1, 0.15) is 5.56 Å². The Hall–Kier alpha value is -2.28. The van der Waals surface area contributed by atoms with Crippen LogP contribution in [-0.2, 0) is 0 Å². The number of pyridine rings is 1. The van der Waals surface area contributed by atoms with Gasteiger partial charge in [-0.05, 0) is 30.7 Å². The molecule has 2 N–H and O–H groups in total. The molecule has 4 rings (SSSR count). The van der Waals surface area contributed by atoms with Crippen LogP contribution in [0, 0.1) is 6.92 Å². The minimum absolute atomic E-state index is 0.594. The first-order valence-corrected chi connectivity index (χ1v) is 9.97. The first-order valence-electron chi connectivity index (χ1n) is 9.59. The van der Waals surface area contributed by atoms with E-state index in [1.807, 2.05) is 25.3 Å². The van der Waals surface area contributed by atoms with Gasteiger partial charge in [0.1, 0.15) is 11.4 Å². The average molecular weight is 400 g/mol. The third-order valence-corrected chi connectivity index (χ3v) is 5.70. The topological polar surface area (TPSA) is 59.0 Å². The molecule has 1 aliphatic heterocycles. The van der Waals surface area contributed by atoms with Gasteiger partial charge in [0.2, 0.25) is 0 Å². The van der Waals surface area contributed by atoms with E-state index in [4.69, 9.17) is 27.1 Å². The Labute approximate surface area is 170 Å². The number of aromatic nitrogens is 2. The predicted molar refractivity (Wildman–Crippen MR) is 115 cm³/mol. The first-order chi connectivity index (χ1) is 13.6. The number of nitrogens with two attached hydrogens (primary N) is 1. The van der Waals surface area contributed by atoms with E-state index in [9.17, 15) is 0 Å². The number of hydrogen-bond donors (Lipinski definition) is 1. The van der Waals surface area contributed by atoms with E-state index in [1.165, 1.54) is 5.69 Å². The summed E-state index contributed by atoms with van der Waals surface area (Å²) in [6.07, 6.45) is 4.12.